The normalized spacial score (nSPS) is 14.4. The van der Waals surface area contributed by atoms with E-state index in [4.69, 9.17) is 0 Å². The second-order valence-corrected chi connectivity index (χ2v) is 5.96. The molecule has 2 aromatic rings. The lowest BCUT2D eigenvalue weighted by Crippen LogP contribution is -2.29. The average molecular weight is 290 g/mol. The van der Waals surface area contributed by atoms with E-state index in [0.29, 0.717) is 19.0 Å². The van der Waals surface area contributed by atoms with Gasteiger partial charge in [-0.2, -0.15) is 5.10 Å². The van der Waals surface area contributed by atoms with E-state index in [0.717, 1.165) is 30.6 Å². The molecular weight excluding hydrogens is 272 g/mol. The number of thiophene rings is 1. The molecule has 0 saturated heterocycles. The number of hydrogen-bond donors (Lipinski definition) is 3. The summed E-state index contributed by atoms with van der Waals surface area (Å²) >= 11 is 1.69. The molecule has 0 unspecified atom stereocenters. The summed E-state index contributed by atoms with van der Waals surface area (Å²) in [6.07, 6.45) is 4.64. The molecule has 0 aromatic carbocycles. The summed E-state index contributed by atoms with van der Waals surface area (Å²) < 4.78 is 0. The molecule has 5 nitrogen and oxygen atoms in total. The second-order valence-electron chi connectivity index (χ2n) is 5.02. The predicted octanol–water partition coefficient (Wildman–Crippen LogP) is 1.90. The first kappa shape index (κ1) is 13.3. The zero-order valence-electron chi connectivity index (χ0n) is 11.2. The smallest absolute Gasteiger partial charge is 0.221 e. The zero-order valence-corrected chi connectivity index (χ0v) is 12.0. The van der Waals surface area contributed by atoms with Crippen LogP contribution < -0.4 is 10.6 Å². The maximum atomic E-state index is 11.5. The minimum atomic E-state index is 0.144. The van der Waals surface area contributed by atoms with Crippen LogP contribution in [-0.4, -0.2) is 28.7 Å². The topological polar surface area (TPSA) is 69.8 Å². The highest BCUT2D eigenvalue weighted by Crippen LogP contribution is 2.25. The molecular formula is C14H18N4OS. The van der Waals surface area contributed by atoms with Crippen molar-refractivity contribution in [2.45, 2.75) is 31.8 Å². The van der Waals surface area contributed by atoms with Gasteiger partial charge in [0.25, 0.3) is 0 Å². The summed E-state index contributed by atoms with van der Waals surface area (Å²) in [4.78, 5) is 12.7. The highest BCUT2D eigenvalue weighted by atomic mass is 32.1. The monoisotopic (exact) mass is 290 g/mol. The Kier molecular flexibility index (Phi) is 4.13. The molecule has 2 aromatic heterocycles. The predicted molar refractivity (Wildman–Crippen MR) is 79.4 cm³/mol. The summed E-state index contributed by atoms with van der Waals surface area (Å²) in [5.41, 5.74) is 2.20. The summed E-state index contributed by atoms with van der Waals surface area (Å²) in [5, 5.41) is 15.5. The van der Waals surface area contributed by atoms with Crippen molar-refractivity contribution in [3.05, 3.63) is 29.3 Å². The van der Waals surface area contributed by atoms with Crippen molar-refractivity contribution in [2.75, 3.05) is 6.54 Å². The maximum Gasteiger partial charge on any atom is 0.221 e. The number of carbonyl (C=O) groups excluding carboxylic acids is 1. The molecule has 3 rings (SSSR count). The first-order chi connectivity index (χ1) is 9.83. The maximum absolute atomic E-state index is 11.5. The summed E-state index contributed by atoms with van der Waals surface area (Å²) in [6.45, 7) is 1.41. The number of H-pyrrole nitrogens is 1. The van der Waals surface area contributed by atoms with E-state index in [2.05, 4.69) is 32.3 Å². The Morgan fingerprint density at radius 2 is 2.40 bits per heavy atom. The number of hydrogen-bond acceptors (Lipinski definition) is 4. The Balaban J connectivity index is 1.44. The number of carbonyl (C=O) groups is 1. The molecule has 0 radical (unpaired) electrons. The highest BCUT2D eigenvalue weighted by Gasteiger charge is 2.22. The Labute approximate surface area is 121 Å². The lowest BCUT2D eigenvalue weighted by atomic mass is 10.2. The van der Waals surface area contributed by atoms with E-state index in [1.165, 1.54) is 4.88 Å². The van der Waals surface area contributed by atoms with Gasteiger partial charge in [0.2, 0.25) is 5.91 Å². The highest BCUT2D eigenvalue weighted by molar-refractivity contribution is 7.13. The molecule has 0 bridgehead atoms. The lowest BCUT2D eigenvalue weighted by molar-refractivity contribution is -0.121. The minimum Gasteiger partial charge on any atom is -0.353 e. The largest absolute Gasteiger partial charge is 0.353 e. The Hall–Kier alpha value is -1.66. The molecule has 1 amide bonds. The second kappa shape index (κ2) is 6.19. The quantitative estimate of drug-likeness (QED) is 0.682. The van der Waals surface area contributed by atoms with Crippen molar-refractivity contribution in [3.63, 3.8) is 0 Å². The van der Waals surface area contributed by atoms with Gasteiger partial charge < -0.3 is 10.6 Å². The van der Waals surface area contributed by atoms with Crippen LogP contribution in [0.25, 0.3) is 10.6 Å². The van der Waals surface area contributed by atoms with Crippen LogP contribution in [0, 0.1) is 0 Å². The van der Waals surface area contributed by atoms with Crippen LogP contribution in [0.15, 0.2) is 23.7 Å². The van der Waals surface area contributed by atoms with Crippen molar-refractivity contribution < 1.29 is 4.79 Å². The van der Waals surface area contributed by atoms with Crippen molar-refractivity contribution >= 4 is 17.2 Å². The number of amides is 1. The van der Waals surface area contributed by atoms with Crippen molar-refractivity contribution in [3.8, 4) is 10.6 Å². The first-order valence-corrected chi connectivity index (χ1v) is 7.77. The third-order valence-electron chi connectivity index (χ3n) is 3.27. The Morgan fingerprint density at radius 1 is 1.50 bits per heavy atom. The van der Waals surface area contributed by atoms with Crippen LogP contribution in [0.3, 0.4) is 0 Å². The molecule has 0 spiro atoms. The van der Waals surface area contributed by atoms with Crippen LogP contribution >= 0.6 is 11.3 Å². The average Bonchev–Trinajstić information content (AvgIpc) is 2.95. The standard InChI is InChI=1S/C14H18N4OS/c19-13(17-11-3-4-11)5-6-15-8-10-9-16-18-14(10)12-2-1-7-20-12/h1-2,7,9,11,15H,3-6,8H2,(H,16,18)(H,17,19). The van der Waals surface area contributed by atoms with Crippen molar-refractivity contribution in [2.24, 2.45) is 0 Å². The molecule has 1 aliphatic carbocycles. The van der Waals surface area contributed by atoms with Gasteiger partial charge in [-0.1, -0.05) is 6.07 Å². The SMILES string of the molecule is O=C(CCNCc1cn[nH]c1-c1cccs1)NC1CC1. The van der Waals surface area contributed by atoms with E-state index in [9.17, 15) is 4.79 Å². The van der Waals surface area contributed by atoms with Crippen LogP contribution in [0.4, 0.5) is 0 Å². The molecule has 0 aliphatic heterocycles. The summed E-state index contributed by atoms with van der Waals surface area (Å²) in [6, 6.07) is 4.55. The van der Waals surface area contributed by atoms with Gasteiger partial charge in [0.05, 0.1) is 16.8 Å². The number of nitrogens with one attached hydrogen (secondary N) is 3. The van der Waals surface area contributed by atoms with Gasteiger partial charge in [0.1, 0.15) is 0 Å². The third-order valence-corrected chi connectivity index (χ3v) is 4.16. The molecule has 2 heterocycles. The molecule has 1 fully saturated rings. The molecule has 106 valence electrons. The number of rotatable bonds is 7. The number of aromatic nitrogens is 2. The van der Waals surface area contributed by atoms with Crippen LogP contribution in [0.1, 0.15) is 24.8 Å². The van der Waals surface area contributed by atoms with Crippen molar-refractivity contribution in [1.82, 2.24) is 20.8 Å². The van der Waals surface area contributed by atoms with E-state index in [1.54, 1.807) is 11.3 Å². The van der Waals surface area contributed by atoms with Gasteiger partial charge >= 0.3 is 0 Å². The molecule has 3 N–H and O–H groups in total. The van der Waals surface area contributed by atoms with Gasteiger partial charge in [-0.05, 0) is 24.3 Å². The van der Waals surface area contributed by atoms with Crippen LogP contribution in [0.2, 0.25) is 0 Å². The van der Waals surface area contributed by atoms with Gasteiger partial charge in [-0.15, -0.1) is 11.3 Å². The Morgan fingerprint density at radius 3 is 3.15 bits per heavy atom. The van der Waals surface area contributed by atoms with Gasteiger partial charge in [0.15, 0.2) is 0 Å². The molecule has 6 heteroatoms. The van der Waals surface area contributed by atoms with E-state index < -0.39 is 0 Å². The first-order valence-electron chi connectivity index (χ1n) is 6.89. The van der Waals surface area contributed by atoms with E-state index in [-0.39, 0.29) is 5.91 Å². The fraction of sp³-hybridized carbons (Fsp3) is 0.429. The van der Waals surface area contributed by atoms with E-state index >= 15 is 0 Å². The fourth-order valence-electron chi connectivity index (χ4n) is 2.03. The molecule has 1 saturated carbocycles. The molecule has 20 heavy (non-hydrogen) atoms. The van der Waals surface area contributed by atoms with Crippen LogP contribution in [-0.2, 0) is 11.3 Å². The van der Waals surface area contributed by atoms with Gasteiger partial charge in [-0.3, -0.25) is 9.89 Å². The summed E-state index contributed by atoms with van der Waals surface area (Å²) in [7, 11) is 0. The summed E-state index contributed by atoms with van der Waals surface area (Å²) in [5.74, 6) is 0.144. The number of aromatic amines is 1. The van der Waals surface area contributed by atoms with Gasteiger partial charge in [0, 0.05) is 31.1 Å². The molecule has 1 aliphatic rings. The fourth-order valence-corrected chi connectivity index (χ4v) is 2.79. The molecule has 0 atom stereocenters. The Bertz CT molecular complexity index is 560. The minimum absolute atomic E-state index is 0.144. The van der Waals surface area contributed by atoms with Gasteiger partial charge in [-0.25, -0.2) is 0 Å². The lowest BCUT2D eigenvalue weighted by Gasteiger charge is -2.05. The number of nitrogens with zero attached hydrogens (tertiary/aromatic N) is 1. The van der Waals surface area contributed by atoms with Crippen molar-refractivity contribution in [1.29, 1.82) is 0 Å². The van der Waals surface area contributed by atoms with Crippen LogP contribution in [0.5, 0.6) is 0 Å². The zero-order chi connectivity index (χ0) is 13.8. The van der Waals surface area contributed by atoms with E-state index in [1.807, 2.05) is 12.3 Å². The third kappa shape index (κ3) is 3.46.